The fraction of sp³-hybridized carbons (Fsp3) is 0.778. The first-order valence-electron chi connectivity index (χ1n) is 5.04. The number of amidine groups is 1. The molecule has 0 aliphatic carbocycles. The van der Waals surface area contributed by atoms with Crippen molar-refractivity contribution in [2.45, 2.75) is 0 Å². The normalized spacial score (nSPS) is 18.9. The maximum Gasteiger partial charge on any atom is 0.286 e. The van der Waals surface area contributed by atoms with Crippen molar-refractivity contribution >= 4 is 11.7 Å². The third-order valence-corrected chi connectivity index (χ3v) is 2.29. The fourth-order valence-corrected chi connectivity index (χ4v) is 1.34. The largest absolute Gasteiger partial charge is 0.379 e. The molecule has 0 bridgehead atoms. The Morgan fingerprint density at radius 3 is 2.80 bits per heavy atom. The molecule has 0 unspecified atom stereocenters. The molecular weight excluding hydrogens is 196 g/mol. The summed E-state index contributed by atoms with van der Waals surface area (Å²) >= 11 is 0. The number of nitrogens with zero attached hydrogens (tertiary/aromatic N) is 2. The predicted molar refractivity (Wildman–Crippen MR) is 57.8 cm³/mol. The minimum Gasteiger partial charge on any atom is -0.379 e. The van der Waals surface area contributed by atoms with Crippen molar-refractivity contribution in [1.29, 1.82) is 0 Å². The summed E-state index contributed by atoms with van der Waals surface area (Å²) in [5.74, 6) is -0.275. The van der Waals surface area contributed by atoms with E-state index in [1.165, 1.54) is 7.05 Å². The number of aliphatic imine (C=N–C) groups is 1. The molecule has 1 fully saturated rings. The topological polar surface area (TPSA) is 79.9 Å². The van der Waals surface area contributed by atoms with Crippen molar-refractivity contribution in [3.05, 3.63) is 0 Å². The zero-order chi connectivity index (χ0) is 11.1. The second-order valence-electron chi connectivity index (χ2n) is 3.32. The highest BCUT2D eigenvalue weighted by Crippen LogP contribution is 1.94. The van der Waals surface area contributed by atoms with Gasteiger partial charge in [-0.05, 0) is 0 Å². The van der Waals surface area contributed by atoms with Gasteiger partial charge >= 0.3 is 0 Å². The second kappa shape index (κ2) is 6.36. The van der Waals surface area contributed by atoms with Gasteiger partial charge in [0.05, 0.1) is 13.2 Å². The molecule has 0 spiro atoms. The van der Waals surface area contributed by atoms with Crippen LogP contribution in [0.5, 0.6) is 0 Å². The predicted octanol–water partition coefficient (Wildman–Crippen LogP) is -1.58. The Labute approximate surface area is 89.5 Å². The maximum atomic E-state index is 11.2. The molecule has 0 aromatic carbocycles. The van der Waals surface area contributed by atoms with E-state index in [4.69, 9.17) is 10.5 Å². The van der Waals surface area contributed by atoms with Gasteiger partial charge in [0.25, 0.3) is 5.91 Å². The Kier molecular flexibility index (Phi) is 5.06. The molecule has 86 valence electrons. The van der Waals surface area contributed by atoms with E-state index in [0.29, 0.717) is 6.54 Å². The average molecular weight is 214 g/mol. The zero-order valence-corrected chi connectivity index (χ0v) is 9.03. The van der Waals surface area contributed by atoms with E-state index in [1.54, 1.807) is 0 Å². The van der Waals surface area contributed by atoms with Gasteiger partial charge in [-0.1, -0.05) is 0 Å². The molecule has 1 amide bonds. The molecule has 6 nitrogen and oxygen atoms in total. The lowest BCUT2D eigenvalue weighted by Gasteiger charge is -2.26. The van der Waals surface area contributed by atoms with Gasteiger partial charge in [-0.2, -0.15) is 0 Å². The summed E-state index contributed by atoms with van der Waals surface area (Å²) in [6.45, 7) is 4.81. The van der Waals surface area contributed by atoms with Crippen LogP contribution in [0.2, 0.25) is 0 Å². The van der Waals surface area contributed by atoms with Crippen LogP contribution in [0.25, 0.3) is 0 Å². The van der Waals surface area contributed by atoms with Crippen molar-refractivity contribution in [3.8, 4) is 0 Å². The molecule has 0 saturated carbocycles. The maximum absolute atomic E-state index is 11.2. The number of carbonyl (C=O) groups excluding carboxylic acids is 1. The summed E-state index contributed by atoms with van der Waals surface area (Å²) in [4.78, 5) is 17.0. The second-order valence-corrected chi connectivity index (χ2v) is 3.32. The van der Waals surface area contributed by atoms with E-state index in [9.17, 15) is 4.79 Å². The molecule has 1 rings (SSSR count). The monoisotopic (exact) mass is 214 g/mol. The van der Waals surface area contributed by atoms with Crippen LogP contribution in [-0.4, -0.2) is 63.1 Å². The molecule has 6 heteroatoms. The number of amides is 1. The Bertz CT molecular complexity index is 236. The lowest BCUT2D eigenvalue weighted by atomic mass is 10.4. The first-order chi connectivity index (χ1) is 7.24. The fourth-order valence-electron chi connectivity index (χ4n) is 1.34. The Morgan fingerprint density at radius 2 is 2.20 bits per heavy atom. The Hall–Kier alpha value is -1.14. The van der Waals surface area contributed by atoms with Crippen LogP contribution in [0.15, 0.2) is 4.99 Å². The zero-order valence-electron chi connectivity index (χ0n) is 9.03. The molecule has 1 saturated heterocycles. The molecular formula is C9H18N4O2. The van der Waals surface area contributed by atoms with Crippen LogP contribution in [0.3, 0.4) is 0 Å². The van der Waals surface area contributed by atoms with Crippen molar-refractivity contribution in [2.75, 3.05) is 46.4 Å². The first kappa shape index (κ1) is 11.9. The van der Waals surface area contributed by atoms with Crippen LogP contribution in [0.4, 0.5) is 0 Å². The number of carbonyl (C=O) groups is 1. The van der Waals surface area contributed by atoms with Crippen molar-refractivity contribution in [3.63, 3.8) is 0 Å². The van der Waals surface area contributed by atoms with Gasteiger partial charge in [0.2, 0.25) is 0 Å². The molecule has 1 heterocycles. The number of nitrogens with two attached hydrogens (primary N) is 1. The summed E-state index contributed by atoms with van der Waals surface area (Å²) in [6.07, 6.45) is 0. The van der Waals surface area contributed by atoms with Gasteiger partial charge in [0.1, 0.15) is 0 Å². The molecule has 0 radical (unpaired) electrons. The van der Waals surface area contributed by atoms with Gasteiger partial charge in [-0.3, -0.25) is 14.7 Å². The smallest absolute Gasteiger partial charge is 0.286 e. The minimum atomic E-state index is -0.300. The highest BCUT2D eigenvalue weighted by atomic mass is 16.5. The summed E-state index contributed by atoms with van der Waals surface area (Å²) < 4.78 is 5.21. The van der Waals surface area contributed by atoms with Gasteiger partial charge in [-0.25, -0.2) is 0 Å². The van der Waals surface area contributed by atoms with Crippen molar-refractivity contribution < 1.29 is 9.53 Å². The molecule has 0 aromatic rings. The van der Waals surface area contributed by atoms with E-state index in [2.05, 4.69) is 15.2 Å². The summed E-state index contributed by atoms with van der Waals surface area (Å²) in [5.41, 5.74) is 5.34. The van der Waals surface area contributed by atoms with Gasteiger partial charge in [0.15, 0.2) is 5.84 Å². The van der Waals surface area contributed by atoms with E-state index in [0.717, 1.165) is 32.8 Å². The van der Waals surface area contributed by atoms with Gasteiger partial charge in [0, 0.05) is 33.2 Å². The summed E-state index contributed by atoms with van der Waals surface area (Å²) in [7, 11) is 1.50. The first-order valence-corrected chi connectivity index (χ1v) is 5.04. The van der Waals surface area contributed by atoms with Crippen LogP contribution in [0, 0.1) is 0 Å². The summed E-state index contributed by atoms with van der Waals surface area (Å²) in [5, 5.41) is 2.70. The van der Waals surface area contributed by atoms with Crippen LogP contribution in [0.1, 0.15) is 0 Å². The number of hydrogen-bond acceptors (Lipinski definition) is 4. The van der Waals surface area contributed by atoms with E-state index in [-0.39, 0.29) is 11.7 Å². The van der Waals surface area contributed by atoms with Crippen LogP contribution in [-0.2, 0) is 9.53 Å². The molecule has 1 aliphatic heterocycles. The molecule has 1 aliphatic rings. The number of morpholine rings is 1. The standard InChI is InChI=1S/C9H18N4O2/c1-11-8(10)9(14)12-2-3-13-4-6-15-7-5-13/h2-7H2,1H3,(H2,10,11)(H,12,14). The van der Waals surface area contributed by atoms with E-state index < -0.39 is 0 Å². The third kappa shape index (κ3) is 4.26. The Morgan fingerprint density at radius 1 is 1.53 bits per heavy atom. The Balaban J connectivity index is 2.12. The number of rotatable bonds is 3. The lowest BCUT2D eigenvalue weighted by Crippen LogP contribution is -2.43. The van der Waals surface area contributed by atoms with Crippen molar-refractivity contribution in [1.82, 2.24) is 10.2 Å². The van der Waals surface area contributed by atoms with Gasteiger partial charge < -0.3 is 15.8 Å². The number of nitrogens with one attached hydrogen (secondary N) is 1. The molecule has 15 heavy (non-hydrogen) atoms. The lowest BCUT2D eigenvalue weighted by molar-refractivity contribution is -0.115. The van der Waals surface area contributed by atoms with Gasteiger partial charge in [-0.15, -0.1) is 0 Å². The third-order valence-electron chi connectivity index (χ3n) is 2.29. The highest BCUT2D eigenvalue weighted by molar-refractivity contribution is 6.37. The quantitative estimate of drug-likeness (QED) is 0.439. The number of ether oxygens (including phenoxy) is 1. The van der Waals surface area contributed by atoms with E-state index in [1.807, 2.05) is 0 Å². The van der Waals surface area contributed by atoms with E-state index >= 15 is 0 Å². The molecule has 0 atom stereocenters. The van der Waals surface area contributed by atoms with Crippen LogP contribution < -0.4 is 11.1 Å². The average Bonchev–Trinajstić information content (AvgIpc) is 2.29. The highest BCUT2D eigenvalue weighted by Gasteiger charge is 2.10. The van der Waals surface area contributed by atoms with Crippen molar-refractivity contribution in [2.24, 2.45) is 10.7 Å². The summed E-state index contributed by atoms with van der Waals surface area (Å²) in [6, 6.07) is 0. The SMILES string of the molecule is CN=C(N)C(=O)NCCN1CCOCC1. The minimum absolute atomic E-state index is 0.0250. The number of hydrogen-bond donors (Lipinski definition) is 2. The van der Waals surface area contributed by atoms with Crippen LogP contribution >= 0.6 is 0 Å². The molecule has 3 N–H and O–H groups in total. The molecule has 0 aromatic heterocycles.